The molecule has 1 aromatic carbocycles. The smallest absolute Gasteiger partial charge is 0.156 e. The number of benzene rings is 1. The molecule has 0 aliphatic rings. The summed E-state index contributed by atoms with van der Waals surface area (Å²) < 4.78 is 6.88. The second kappa shape index (κ2) is 5.33. The minimum atomic E-state index is 0.666. The van der Waals surface area contributed by atoms with Crippen LogP contribution in [-0.4, -0.2) is 9.97 Å². The van der Waals surface area contributed by atoms with Crippen molar-refractivity contribution in [3.05, 3.63) is 52.3 Å². The van der Waals surface area contributed by atoms with E-state index in [1.807, 2.05) is 32.0 Å². The van der Waals surface area contributed by atoms with Gasteiger partial charge >= 0.3 is 0 Å². The highest BCUT2D eigenvalue weighted by Crippen LogP contribution is 2.32. The number of pyridine rings is 2. The van der Waals surface area contributed by atoms with Crippen LogP contribution in [0.25, 0.3) is 11.0 Å². The molecule has 0 saturated carbocycles. The Morgan fingerprint density at radius 2 is 1.86 bits per heavy atom. The maximum Gasteiger partial charge on any atom is 0.156 e. The third-order valence-corrected chi connectivity index (χ3v) is 3.72. The Morgan fingerprint density at radius 1 is 1.05 bits per heavy atom. The van der Waals surface area contributed by atoms with E-state index in [2.05, 4.69) is 25.9 Å². The van der Waals surface area contributed by atoms with Crippen LogP contribution in [0.3, 0.4) is 0 Å². The summed E-state index contributed by atoms with van der Waals surface area (Å²) in [5.41, 5.74) is 10.2. The monoisotopic (exact) mass is 343 g/mol. The van der Waals surface area contributed by atoms with Crippen LogP contribution in [0.5, 0.6) is 11.5 Å². The molecule has 0 fully saturated rings. The lowest BCUT2D eigenvalue weighted by Gasteiger charge is -2.12. The van der Waals surface area contributed by atoms with Gasteiger partial charge in [0.15, 0.2) is 5.75 Å². The van der Waals surface area contributed by atoms with Gasteiger partial charge in [-0.1, -0.05) is 6.07 Å². The van der Waals surface area contributed by atoms with E-state index in [0.29, 0.717) is 11.4 Å². The van der Waals surface area contributed by atoms with Crippen LogP contribution < -0.4 is 10.5 Å². The third kappa shape index (κ3) is 2.69. The fraction of sp³-hybridized carbons (Fsp3) is 0.125. The average Bonchev–Trinajstić information content (AvgIpc) is 2.44. The van der Waals surface area contributed by atoms with Gasteiger partial charge in [-0.05, 0) is 47.0 Å². The van der Waals surface area contributed by atoms with Crippen molar-refractivity contribution in [3.63, 3.8) is 0 Å². The fourth-order valence-electron chi connectivity index (χ4n) is 2.14. The van der Waals surface area contributed by atoms with Crippen molar-refractivity contribution in [1.29, 1.82) is 0 Å². The normalized spacial score (nSPS) is 10.8. The first-order chi connectivity index (χ1) is 10.0. The molecule has 4 nitrogen and oxygen atoms in total. The summed E-state index contributed by atoms with van der Waals surface area (Å²) in [6.07, 6.45) is 3.44. The first-order valence-corrected chi connectivity index (χ1v) is 7.29. The van der Waals surface area contributed by atoms with E-state index in [-0.39, 0.29) is 0 Å². The molecule has 0 radical (unpaired) electrons. The molecule has 0 aliphatic carbocycles. The molecule has 0 aliphatic heterocycles. The first kappa shape index (κ1) is 13.8. The number of nitrogens with two attached hydrogens (primary N) is 1. The van der Waals surface area contributed by atoms with E-state index in [4.69, 9.17) is 10.5 Å². The Bertz CT molecular complexity index is 833. The quantitative estimate of drug-likeness (QED) is 0.701. The number of ether oxygens (including phenoxy) is 1. The van der Waals surface area contributed by atoms with Crippen LogP contribution in [0.2, 0.25) is 0 Å². The van der Waals surface area contributed by atoms with Crippen molar-refractivity contribution < 1.29 is 4.74 Å². The number of nitrogens with zero attached hydrogens (tertiary/aromatic N) is 2. The van der Waals surface area contributed by atoms with Crippen LogP contribution in [0.4, 0.5) is 5.69 Å². The van der Waals surface area contributed by atoms with Gasteiger partial charge in [-0.2, -0.15) is 0 Å². The number of anilines is 1. The number of rotatable bonds is 2. The number of halogens is 1. The Morgan fingerprint density at radius 3 is 2.67 bits per heavy atom. The van der Waals surface area contributed by atoms with Crippen LogP contribution in [0.15, 0.2) is 41.1 Å². The molecule has 0 saturated heterocycles. The van der Waals surface area contributed by atoms with Crippen LogP contribution >= 0.6 is 15.9 Å². The van der Waals surface area contributed by atoms with Crippen molar-refractivity contribution >= 4 is 32.7 Å². The van der Waals surface area contributed by atoms with Crippen molar-refractivity contribution in [3.8, 4) is 11.5 Å². The summed E-state index contributed by atoms with van der Waals surface area (Å²) in [7, 11) is 0. The third-order valence-electron chi connectivity index (χ3n) is 3.29. The Labute approximate surface area is 131 Å². The van der Waals surface area contributed by atoms with Crippen LogP contribution in [0.1, 0.15) is 11.1 Å². The lowest BCUT2D eigenvalue weighted by Crippen LogP contribution is -1.95. The van der Waals surface area contributed by atoms with E-state index in [0.717, 1.165) is 32.4 Å². The van der Waals surface area contributed by atoms with Gasteiger partial charge < -0.3 is 10.5 Å². The van der Waals surface area contributed by atoms with Crippen molar-refractivity contribution in [2.24, 2.45) is 0 Å². The van der Waals surface area contributed by atoms with Gasteiger partial charge in [0.25, 0.3) is 0 Å². The maximum absolute atomic E-state index is 6.00. The zero-order chi connectivity index (χ0) is 15.0. The molecule has 0 bridgehead atoms. The van der Waals surface area contributed by atoms with Crippen LogP contribution in [0, 0.1) is 13.8 Å². The largest absolute Gasteiger partial charge is 0.455 e. The average molecular weight is 344 g/mol. The summed E-state index contributed by atoms with van der Waals surface area (Å²) in [4.78, 5) is 8.68. The Hall–Kier alpha value is -2.14. The summed E-state index contributed by atoms with van der Waals surface area (Å²) in [5.74, 6) is 1.40. The van der Waals surface area contributed by atoms with Gasteiger partial charge in [-0.25, -0.2) is 4.98 Å². The zero-order valence-electron chi connectivity index (χ0n) is 11.7. The Balaban J connectivity index is 2.08. The molecule has 106 valence electrons. The first-order valence-electron chi connectivity index (χ1n) is 6.49. The van der Waals surface area contributed by atoms with Crippen molar-refractivity contribution in [2.45, 2.75) is 13.8 Å². The molecule has 0 amide bonds. The highest BCUT2D eigenvalue weighted by atomic mass is 79.9. The molecule has 21 heavy (non-hydrogen) atoms. The van der Waals surface area contributed by atoms with Gasteiger partial charge in [0.2, 0.25) is 0 Å². The number of nitrogen functional groups attached to an aromatic ring is 1. The van der Waals surface area contributed by atoms with Gasteiger partial charge in [-0.15, -0.1) is 0 Å². The lowest BCUT2D eigenvalue weighted by atomic mass is 10.1. The van der Waals surface area contributed by atoms with E-state index in [9.17, 15) is 0 Å². The standard InChI is InChI=1S/C16H14BrN3O/c1-9-5-10(2)15(7-12(9)18)21-14-3-4-19-13-6-11(17)8-20-16(13)14/h3-8H,18H2,1-2H3. The van der Waals surface area contributed by atoms with Gasteiger partial charge in [-0.3, -0.25) is 4.98 Å². The molecular weight excluding hydrogens is 330 g/mol. The molecule has 3 rings (SSSR count). The minimum absolute atomic E-state index is 0.666. The van der Waals surface area contributed by atoms with Crippen molar-refractivity contribution in [1.82, 2.24) is 9.97 Å². The van der Waals surface area contributed by atoms with Gasteiger partial charge in [0, 0.05) is 34.7 Å². The maximum atomic E-state index is 6.00. The summed E-state index contributed by atoms with van der Waals surface area (Å²) >= 11 is 3.39. The van der Waals surface area contributed by atoms with E-state index in [1.165, 1.54) is 0 Å². The molecule has 0 atom stereocenters. The zero-order valence-corrected chi connectivity index (χ0v) is 13.3. The van der Waals surface area contributed by atoms with Gasteiger partial charge in [0.1, 0.15) is 11.3 Å². The topological polar surface area (TPSA) is 61.0 Å². The van der Waals surface area contributed by atoms with Crippen molar-refractivity contribution in [2.75, 3.05) is 5.73 Å². The lowest BCUT2D eigenvalue weighted by molar-refractivity contribution is 0.483. The Kier molecular flexibility index (Phi) is 3.51. The molecule has 3 aromatic rings. The predicted octanol–water partition coefficient (Wildman–Crippen LogP) is 4.38. The minimum Gasteiger partial charge on any atom is -0.455 e. The van der Waals surface area contributed by atoms with Crippen LogP contribution in [-0.2, 0) is 0 Å². The number of hydrogen-bond acceptors (Lipinski definition) is 4. The summed E-state index contributed by atoms with van der Waals surface area (Å²) in [6.45, 7) is 3.97. The number of aromatic nitrogens is 2. The van der Waals surface area contributed by atoms with E-state index < -0.39 is 0 Å². The predicted molar refractivity (Wildman–Crippen MR) is 87.6 cm³/mol. The highest BCUT2D eigenvalue weighted by Gasteiger charge is 2.09. The molecule has 2 heterocycles. The molecule has 2 N–H and O–H groups in total. The molecule has 5 heteroatoms. The van der Waals surface area contributed by atoms with E-state index >= 15 is 0 Å². The fourth-order valence-corrected chi connectivity index (χ4v) is 2.46. The molecule has 0 unspecified atom stereocenters. The number of hydrogen-bond donors (Lipinski definition) is 1. The summed E-state index contributed by atoms with van der Waals surface area (Å²) in [6, 6.07) is 7.57. The molecule has 0 spiro atoms. The van der Waals surface area contributed by atoms with Gasteiger partial charge in [0.05, 0.1) is 5.52 Å². The highest BCUT2D eigenvalue weighted by molar-refractivity contribution is 9.10. The second-order valence-corrected chi connectivity index (χ2v) is 5.82. The van der Waals surface area contributed by atoms with E-state index in [1.54, 1.807) is 18.5 Å². The number of aryl methyl sites for hydroxylation is 2. The summed E-state index contributed by atoms with van der Waals surface area (Å²) in [5, 5.41) is 0. The number of fused-ring (bicyclic) bond motifs is 1. The molecular formula is C16H14BrN3O. The second-order valence-electron chi connectivity index (χ2n) is 4.91. The molecule has 2 aromatic heterocycles. The SMILES string of the molecule is Cc1cc(C)c(Oc2ccnc3cc(Br)cnc23)cc1N.